The maximum Gasteiger partial charge on any atom is 0.232 e. The highest BCUT2D eigenvalue weighted by Gasteiger charge is 2.50. The lowest BCUT2D eigenvalue weighted by molar-refractivity contribution is -0.0263. The predicted octanol–water partition coefficient (Wildman–Crippen LogP) is 11.3. The molecule has 1 aromatic heterocycles. The van der Waals surface area contributed by atoms with Gasteiger partial charge in [0.25, 0.3) is 0 Å². The van der Waals surface area contributed by atoms with E-state index in [9.17, 15) is 0 Å². The first-order valence-electron chi connectivity index (χ1n) is 24.2. The molecule has 0 aliphatic carbocycles. The Balaban J connectivity index is 1.99. The number of hydrogen-bond donors (Lipinski definition) is 0. The molecule has 0 N–H and O–H groups in total. The van der Waals surface area contributed by atoms with E-state index in [4.69, 9.17) is 15.0 Å². The molecule has 3 fully saturated rings. The number of piperidine rings is 3. The minimum absolute atomic E-state index is 0.0166. The third-order valence-corrected chi connectivity index (χ3v) is 14.7. The molecule has 0 atom stereocenters. The van der Waals surface area contributed by atoms with Crippen LogP contribution in [0.2, 0.25) is 0 Å². The normalized spacial score (nSPS) is 23.2. The number of likely N-dealkylation sites (tertiary alicyclic amines) is 3. The lowest BCUT2D eigenvalue weighted by atomic mass is 9.76. The van der Waals surface area contributed by atoms with Crippen molar-refractivity contribution in [2.24, 2.45) is 0 Å². The Bertz CT molecular complexity index is 1310. The Hall–Kier alpha value is -2.49. The topological polar surface area (TPSA) is 58.1 Å². The number of rotatable bonds is 21. The summed E-state index contributed by atoms with van der Waals surface area (Å²) in [6.45, 7) is 54.0. The minimum atomic E-state index is -0.0166. The summed E-state index contributed by atoms with van der Waals surface area (Å²) in [6, 6.07) is 0.872. The van der Waals surface area contributed by atoms with E-state index in [0.29, 0.717) is 18.1 Å². The minimum Gasteiger partial charge on any atom is -0.338 e. The van der Waals surface area contributed by atoms with Gasteiger partial charge in [0, 0.05) is 90.6 Å². The van der Waals surface area contributed by atoms with Gasteiger partial charge < -0.3 is 14.7 Å². The van der Waals surface area contributed by atoms with Gasteiger partial charge >= 0.3 is 0 Å². The van der Waals surface area contributed by atoms with E-state index in [-0.39, 0.29) is 33.2 Å². The average molecular weight is 832 g/mol. The third-order valence-electron chi connectivity index (χ3n) is 14.7. The quantitative estimate of drug-likeness (QED) is 0.113. The van der Waals surface area contributed by atoms with Crippen LogP contribution < -0.4 is 14.7 Å². The summed E-state index contributed by atoms with van der Waals surface area (Å²) in [7, 11) is 0. The van der Waals surface area contributed by atoms with Gasteiger partial charge in [-0.25, -0.2) is 0 Å². The van der Waals surface area contributed by atoms with Gasteiger partial charge in [0.1, 0.15) is 0 Å². The monoisotopic (exact) mass is 832 g/mol. The zero-order chi connectivity index (χ0) is 44.9. The molecule has 3 aliphatic rings. The zero-order valence-electron chi connectivity index (χ0n) is 41.8. The number of unbranched alkanes of at least 4 members (excludes halogenated alkanes) is 3. The van der Waals surface area contributed by atoms with Crippen LogP contribution in [0.15, 0.2) is 38.0 Å². The van der Waals surface area contributed by atoms with Crippen molar-refractivity contribution in [2.45, 2.75) is 232 Å². The lowest BCUT2D eigenvalue weighted by Gasteiger charge is -2.57. The maximum absolute atomic E-state index is 5.72. The van der Waals surface area contributed by atoms with Gasteiger partial charge in [-0.15, -0.1) is 19.7 Å². The number of nitrogens with zero attached hydrogens (tertiary/aromatic N) is 9. The Morgan fingerprint density at radius 3 is 0.800 bits per heavy atom. The second-order valence-corrected chi connectivity index (χ2v) is 22.6. The largest absolute Gasteiger partial charge is 0.338 e. The van der Waals surface area contributed by atoms with Crippen molar-refractivity contribution in [3.63, 3.8) is 0 Å². The summed E-state index contributed by atoms with van der Waals surface area (Å²) >= 11 is 0. The fourth-order valence-electron chi connectivity index (χ4n) is 12.4. The predicted molar refractivity (Wildman–Crippen MR) is 261 cm³/mol. The van der Waals surface area contributed by atoms with Gasteiger partial charge in [0.2, 0.25) is 17.8 Å². The van der Waals surface area contributed by atoms with Gasteiger partial charge in [-0.2, -0.15) is 15.0 Å². The van der Waals surface area contributed by atoms with Crippen LogP contribution in [0.3, 0.4) is 0 Å². The lowest BCUT2D eigenvalue weighted by Crippen LogP contribution is -2.65. The van der Waals surface area contributed by atoms with Gasteiger partial charge in [-0.05, 0) is 141 Å². The van der Waals surface area contributed by atoms with E-state index in [1.807, 2.05) is 0 Å². The van der Waals surface area contributed by atoms with Gasteiger partial charge in [0.15, 0.2) is 0 Å². The molecule has 0 bridgehead atoms. The van der Waals surface area contributed by atoms with Crippen LogP contribution in [0.4, 0.5) is 17.8 Å². The molecular weight excluding hydrogens is 739 g/mol. The highest BCUT2D eigenvalue weighted by atomic mass is 15.4. The summed E-state index contributed by atoms with van der Waals surface area (Å²) in [5, 5.41) is 0. The van der Waals surface area contributed by atoms with Crippen molar-refractivity contribution in [1.29, 1.82) is 0 Å². The third kappa shape index (κ3) is 11.4. The molecule has 0 radical (unpaired) electrons. The summed E-state index contributed by atoms with van der Waals surface area (Å²) < 4.78 is 0. The van der Waals surface area contributed by atoms with E-state index >= 15 is 0 Å². The first-order valence-corrected chi connectivity index (χ1v) is 24.2. The van der Waals surface area contributed by atoms with Crippen molar-refractivity contribution < 1.29 is 0 Å². The van der Waals surface area contributed by atoms with Crippen LogP contribution in [0, 0.1) is 0 Å². The molecule has 3 aliphatic heterocycles. The summed E-state index contributed by atoms with van der Waals surface area (Å²) in [6.07, 6.45) is 19.1. The Labute approximate surface area is 370 Å². The second kappa shape index (κ2) is 19.9. The molecule has 60 heavy (non-hydrogen) atoms. The fourth-order valence-corrected chi connectivity index (χ4v) is 12.4. The van der Waals surface area contributed by atoms with Crippen LogP contribution in [0.5, 0.6) is 0 Å². The van der Waals surface area contributed by atoms with Crippen molar-refractivity contribution in [2.75, 3.05) is 54.0 Å². The molecule has 0 amide bonds. The highest BCUT2D eigenvalue weighted by molar-refractivity contribution is 5.49. The van der Waals surface area contributed by atoms with Gasteiger partial charge in [0.05, 0.1) is 0 Å². The molecule has 0 saturated carbocycles. The molecule has 3 saturated heterocycles. The Kier molecular flexibility index (Phi) is 16.6. The molecule has 0 unspecified atom stereocenters. The molecular formula is C51H93N9. The number of aromatic nitrogens is 3. The van der Waals surface area contributed by atoms with Crippen LogP contribution in [-0.4, -0.2) is 120 Å². The van der Waals surface area contributed by atoms with Crippen molar-refractivity contribution >= 4 is 17.8 Å². The maximum atomic E-state index is 5.72. The van der Waals surface area contributed by atoms with Gasteiger partial charge in [-0.3, -0.25) is 14.7 Å². The van der Waals surface area contributed by atoms with Crippen molar-refractivity contribution in [1.82, 2.24) is 29.7 Å². The SMILES string of the molecule is C=CCN1C(C)(C)CC(N(CCCC)c2nc(N(CCCC)C3CC(C)(C)N(CC=C)C(C)(C)C3)nc(N(CCCC)C3CC(C)(C)N(CC=C)C(C)(C)C3)n2)CC1(C)C. The molecule has 1 aromatic rings. The molecule has 9 nitrogen and oxygen atoms in total. The molecule has 4 heterocycles. The molecule has 0 spiro atoms. The number of hydrogen-bond acceptors (Lipinski definition) is 9. The second-order valence-electron chi connectivity index (χ2n) is 22.6. The summed E-state index contributed by atoms with van der Waals surface area (Å²) in [5.41, 5.74) is -0.0998. The Morgan fingerprint density at radius 2 is 0.633 bits per heavy atom. The average Bonchev–Trinajstić information content (AvgIpc) is 3.12. The smallest absolute Gasteiger partial charge is 0.232 e. The zero-order valence-corrected chi connectivity index (χ0v) is 41.8. The summed E-state index contributed by atoms with van der Waals surface area (Å²) in [5.74, 6) is 2.60. The summed E-state index contributed by atoms with van der Waals surface area (Å²) in [4.78, 5) is 33.0. The first kappa shape index (κ1) is 50.2. The Morgan fingerprint density at radius 1 is 0.433 bits per heavy atom. The van der Waals surface area contributed by atoms with Crippen LogP contribution in [0.1, 0.15) is 181 Å². The molecule has 4 rings (SSSR count). The van der Waals surface area contributed by atoms with E-state index in [0.717, 1.165) is 134 Å². The van der Waals surface area contributed by atoms with Gasteiger partial charge in [-0.1, -0.05) is 58.3 Å². The van der Waals surface area contributed by atoms with E-state index in [1.165, 1.54) is 0 Å². The first-order chi connectivity index (χ1) is 27.9. The molecule has 0 aromatic carbocycles. The van der Waals surface area contributed by atoms with Crippen LogP contribution >= 0.6 is 0 Å². The van der Waals surface area contributed by atoms with Crippen molar-refractivity contribution in [3.8, 4) is 0 Å². The van der Waals surface area contributed by atoms with E-state index in [2.05, 4.69) is 171 Å². The highest BCUT2D eigenvalue weighted by Crippen LogP contribution is 2.45. The molecule has 9 heteroatoms. The standard InChI is InChI=1S/C51H93N9/c1-19-25-31-55(40-34-46(7,8)58(28-22-4)47(9,10)35-40)43-52-44(56(32-26-20-2)41-36-48(11,12)59(29-23-5)49(13,14)37-41)54-45(53-43)57(33-27-21-3)42-38-50(15,16)60(30-24-6)51(17,18)39-42/h22-24,40-42H,4-6,19-21,25-39H2,1-3,7-18H3. The molecule has 342 valence electrons. The van der Waals surface area contributed by atoms with E-state index < -0.39 is 0 Å². The van der Waals surface area contributed by atoms with E-state index in [1.54, 1.807) is 0 Å². The van der Waals surface area contributed by atoms with Crippen LogP contribution in [-0.2, 0) is 0 Å². The number of anilines is 3. The van der Waals surface area contributed by atoms with Crippen LogP contribution in [0.25, 0.3) is 0 Å². The van der Waals surface area contributed by atoms with Crippen molar-refractivity contribution in [3.05, 3.63) is 38.0 Å². The fraction of sp³-hybridized carbons (Fsp3) is 0.824.